The van der Waals surface area contributed by atoms with Gasteiger partial charge in [0.15, 0.2) is 0 Å². The van der Waals surface area contributed by atoms with E-state index in [-0.39, 0.29) is 23.4 Å². The summed E-state index contributed by atoms with van der Waals surface area (Å²) < 4.78 is 33.7. The number of carbonyl (C=O) groups is 1. The van der Waals surface area contributed by atoms with E-state index < -0.39 is 10.0 Å². The lowest BCUT2D eigenvalue weighted by atomic mass is 10.0. The van der Waals surface area contributed by atoms with Crippen LogP contribution in [0.5, 0.6) is 5.75 Å². The van der Waals surface area contributed by atoms with Gasteiger partial charge in [-0.3, -0.25) is 9.10 Å². The fourth-order valence-corrected chi connectivity index (χ4v) is 5.34. The first-order valence-corrected chi connectivity index (χ1v) is 12.7. The average molecular weight is 481 g/mol. The van der Waals surface area contributed by atoms with Gasteiger partial charge in [-0.25, -0.2) is 8.42 Å². The summed E-state index contributed by atoms with van der Waals surface area (Å²) in [5.41, 5.74) is 4.17. The number of anilines is 1. The topological polar surface area (TPSA) is 75.7 Å². The molecule has 3 aromatic carbocycles. The predicted molar refractivity (Wildman–Crippen MR) is 136 cm³/mol. The van der Waals surface area contributed by atoms with Crippen molar-refractivity contribution < 1.29 is 17.9 Å². The van der Waals surface area contributed by atoms with Crippen LogP contribution in [0.4, 0.5) is 5.69 Å². The van der Waals surface area contributed by atoms with Crippen LogP contribution in [0, 0.1) is 20.8 Å². The molecule has 3 rings (SSSR count). The number of ether oxygens (including phenoxy) is 1. The van der Waals surface area contributed by atoms with Gasteiger partial charge in [0.25, 0.3) is 10.0 Å². The minimum absolute atomic E-state index is 0.146. The Bertz CT molecular complexity index is 1240. The second kappa shape index (κ2) is 10.7. The lowest BCUT2D eigenvalue weighted by Gasteiger charge is -2.27. The Labute approximate surface area is 202 Å². The number of benzene rings is 3. The van der Waals surface area contributed by atoms with Gasteiger partial charge in [0.1, 0.15) is 12.3 Å². The number of nitrogens with one attached hydrogen (secondary N) is 1. The maximum Gasteiger partial charge on any atom is 0.264 e. The van der Waals surface area contributed by atoms with Crippen LogP contribution < -0.4 is 14.4 Å². The fourth-order valence-electron chi connectivity index (χ4n) is 3.85. The van der Waals surface area contributed by atoms with Crippen LogP contribution in [-0.4, -0.2) is 28.0 Å². The first kappa shape index (κ1) is 25.3. The van der Waals surface area contributed by atoms with Crippen LogP contribution in [0.2, 0.25) is 0 Å². The Kier molecular flexibility index (Phi) is 7.99. The number of hydrogen-bond acceptors (Lipinski definition) is 4. The first-order valence-electron chi connectivity index (χ1n) is 11.3. The van der Waals surface area contributed by atoms with Crippen LogP contribution in [0.1, 0.15) is 41.6 Å². The zero-order valence-electron chi connectivity index (χ0n) is 20.3. The molecule has 0 heterocycles. The summed E-state index contributed by atoms with van der Waals surface area (Å²) in [6.07, 6.45) is 0.659. The summed E-state index contributed by atoms with van der Waals surface area (Å²) in [6, 6.07) is 19.4. The molecule has 3 aromatic rings. The van der Waals surface area contributed by atoms with E-state index in [0.717, 1.165) is 28.0 Å². The quantitative estimate of drug-likeness (QED) is 0.463. The lowest BCUT2D eigenvalue weighted by Crippen LogP contribution is -2.42. The maximum atomic E-state index is 13.6. The summed E-state index contributed by atoms with van der Waals surface area (Å²) in [6.45, 7) is 7.34. The number of carbonyl (C=O) groups excluding carboxylic acids is 1. The zero-order chi connectivity index (χ0) is 24.9. The zero-order valence-corrected chi connectivity index (χ0v) is 21.1. The van der Waals surface area contributed by atoms with Gasteiger partial charge in [-0.15, -0.1) is 0 Å². The summed E-state index contributed by atoms with van der Waals surface area (Å²) in [4.78, 5) is 13.3. The average Bonchev–Trinajstić information content (AvgIpc) is 2.82. The van der Waals surface area contributed by atoms with Crippen molar-refractivity contribution in [2.24, 2.45) is 0 Å². The van der Waals surface area contributed by atoms with E-state index in [2.05, 4.69) is 5.32 Å². The Morgan fingerprint density at radius 3 is 2.12 bits per heavy atom. The molecule has 1 N–H and O–H groups in total. The molecule has 0 bridgehead atoms. The summed E-state index contributed by atoms with van der Waals surface area (Å²) >= 11 is 0. The van der Waals surface area contributed by atoms with Crippen LogP contribution in [0.25, 0.3) is 0 Å². The number of amides is 1. The van der Waals surface area contributed by atoms with E-state index in [1.165, 1.54) is 4.31 Å². The van der Waals surface area contributed by atoms with E-state index in [1.54, 1.807) is 37.4 Å². The number of rotatable bonds is 9. The van der Waals surface area contributed by atoms with Crippen molar-refractivity contribution in [1.82, 2.24) is 5.32 Å². The molecule has 0 saturated heterocycles. The van der Waals surface area contributed by atoms with Gasteiger partial charge >= 0.3 is 0 Å². The fraction of sp³-hybridized carbons (Fsp3) is 0.296. The molecule has 0 radical (unpaired) electrons. The van der Waals surface area contributed by atoms with Crippen molar-refractivity contribution in [3.63, 3.8) is 0 Å². The third-order valence-corrected chi connectivity index (χ3v) is 7.55. The molecule has 0 aliphatic rings. The van der Waals surface area contributed by atoms with E-state index in [0.29, 0.717) is 12.1 Å². The van der Waals surface area contributed by atoms with Gasteiger partial charge in [0.05, 0.1) is 23.7 Å². The Morgan fingerprint density at radius 2 is 1.56 bits per heavy atom. The van der Waals surface area contributed by atoms with Gasteiger partial charge in [-0.1, -0.05) is 54.4 Å². The number of hydrogen-bond donors (Lipinski definition) is 1. The molecule has 1 atom stereocenters. The lowest BCUT2D eigenvalue weighted by molar-refractivity contribution is -0.120. The molecule has 34 heavy (non-hydrogen) atoms. The van der Waals surface area contributed by atoms with Gasteiger partial charge in [-0.05, 0) is 68.7 Å². The second-order valence-corrected chi connectivity index (χ2v) is 10.3. The van der Waals surface area contributed by atoms with Crippen molar-refractivity contribution in [3.05, 3.63) is 89.0 Å². The smallest absolute Gasteiger partial charge is 0.264 e. The molecule has 180 valence electrons. The van der Waals surface area contributed by atoms with E-state index in [4.69, 9.17) is 4.74 Å². The number of aryl methyl sites for hydroxylation is 3. The molecular formula is C27H32N2O4S. The highest BCUT2D eigenvalue weighted by molar-refractivity contribution is 7.92. The molecule has 1 unspecified atom stereocenters. The van der Waals surface area contributed by atoms with Crippen LogP contribution in [-0.2, 0) is 14.8 Å². The highest BCUT2D eigenvalue weighted by atomic mass is 32.2. The van der Waals surface area contributed by atoms with Gasteiger partial charge < -0.3 is 10.1 Å². The molecular weight excluding hydrogens is 448 g/mol. The van der Waals surface area contributed by atoms with Crippen molar-refractivity contribution in [1.29, 1.82) is 0 Å². The largest absolute Gasteiger partial charge is 0.497 e. The molecule has 0 aliphatic carbocycles. The summed E-state index contributed by atoms with van der Waals surface area (Å²) in [5.74, 6) is 0.355. The van der Waals surface area contributed by atoms with E-state index in [1.807, 2.05) is 64.1 Å². The minimum atomic E-state index is -3.96. The highest BCUT2D eigenvalue weighted by Crippen LogP contribution is 2.28. The third-order valence-electron chi connectivity index (χ3n) is 5.78. The van der Waals surface area contributed by atoms with Crippen LogP contribution in [0.15, 0.2) is 71.6 Å². The number of sulfonamides is 1. The SMILES string of the molecule is CCC(NC(=O)CN(c1ccc(C)cc1C)S(=O)(=O)c1ccc(C)cc1)c1ccc(OC)cc1. The number of nitrogens with zero attached hydrogens (tertiary/aromatic N) is 1. The summed E-state index contributed by atoms with van der Waals surface area (Å²) in [5, 5.41) is 3.00. The standard InChI is InChI=1S/C27H32N2O4S/c1-6-25(22-10-12-23(33-5)13-11-22)28-27(30)18-29(26-16-9-20(3)17-21(26)4)34(31,32)24-14-7-19(2)8-15-24/h7-17,25H,6,18H2,1-5H3,(H,28,30). The van der Waals surface area contributed by atoms with Crippen molar-refractivity contribution >= 4 is 21.6 Å². The monoisotopic (exact) mass is 480 g/mol. The van der Waals surface area contributed by atoms with Crippen LogP contribution >= 0.6 is 0 Å². The second-order valence-electron chi connectivity index (χ2n) is 8.42. The number of methoxy groups -OCH3 is 1. The Balaban J connectivity index is 1.93. The Hall–Kier alpha value is -3.32. The Morgan fingerprint density at radius 1 is 0.941 bits per heavy atom. The molecule has 0 aromatic heterocycles. The van der Waals surface area contributed by atoms with E-state index in [9.17, 15) is 13.2 Å². The molecule has 0 aliphatic heterocycles. The van der Waals surface area contributed by atoms with Crippen LogP contribution in [0.3, 0.4) is 0 Å². The van der Waals surface area contributed by atoms with Gasteiger partial charge in [-0.2, -0.15) is 0 Å². The third kappa shape index (κ3) is 5.78. The molecule has 7 heteroatoms. The minimum Gasteiger partial charge on any atom is -0.497 e. The van der Waals surface area contributed by atoms with Gasteiger partial charge in [0, 0.05) is 0 Å². The molecule has 0 spiro atoms. The molecule has 6 nitrogen and oxygen atoms in total. The maximum absolute atomic E-state index is 13.6. The normalized spacial score (nSPS) is 12.1. The van der Waals surface area contributed by atoms with Gasteiger partial charge in [0.2, 0.25) is 5.91 Å². The molecule has 0 saturated carbocycles. The van der Waals surface area contributed by atoms with Crippen molar-refractivity contribution in [2.45, 2.75) is 45.1 Å². The molecule has 0 fully saturated rings. The summed E-state index contributed by atoms with van der Waals surface area (Å²) in [7, 11) is -2.36. The predicted octanol–water partition coefficient (Wildman–Crippen LogP) is 5.08. The highest BCUT2D eigenvalue weighted by Gasteiger charge is 2.29. The van der Waals surface area contributed by atoms with E-state index >= 15 is 0 Å². The van der Waals surface area contributed by atoms with Crippen molar-refractivity contribution in [3.8, 4) is 5.75 Å². The molecule has 1 amide bonds. The first-order chi connectivity index (χ1) is 16.1. The van der Waals surface area contributed by atoms with Crippen molar-refractivity contribution in [2.75, 3.05) is 18.0 Å².